The first-order chi connectivity index (χ1) is 8.69. The number of hydrogen-bond donors (Lipinski definition) is 1. The minimum absolute atomic E-state index is 0.174. The summed E-state index contributed by atoms with van der Waals surface area (Å²) in [5.41, 5.74) is 0.857. The fourth-order valence-corrected chi connectivity index (χ4v) is 1.26. The van der Waals surface area contributed by atoms with Gasteiger partial charge in [0.05, 0.1) is 12.3 Å². The normalized spacial score (nSPS) is 10.1. The van der Waals surface area contributed by atoms with Gasteiger partial charge in [-0.15, -0.1) is 10.2 Å². The maximum atomic E-state index is 11.8. The molecule has 0 saturated heterocycles. The number of carbonyl (C=O) groups is 1. The van der Waals surface area contributed by atoms with Gasteiger partial charge in [-0.2, -0.15) is 0 Å². The Labute approximate surface area is 103 Å². The van der Waals surface area contributed by atoms with Crippen molar-refractivity contribution in [3.63, 3.8) is 0 Å². The molecular formula is C11H12N4O3. The van der Waals surface area contributed by atoms with Gasteiger partial charge in [0.1, 0.15) is 0 Å². The number of ether oxygens (including phenoxy) is 1. The molecule has 0 fully saturated rings. The van der Waals surface area contributed by atoms with Gasteiger partial charge in [-0.25, -0.2) is 0 Å². The second kappa shape index (κ2) is 5.26. The molecule has 0 radical (unpaired) electrons. The molecule has 0 unspecified atom stereocenters. The van der Waals surface area contributed by atoms with Crippen molar-refractivity contribution in [3.8, 4) is 5.88 Å². The fraction of sp³-hybridized carbons (Fsp3) is 0.273. The zero-order valence-corrected chi connectivity index (χ0v) is 10.0. The van der Waals surface area contributed by atoms with Gasteiger partial charge in [0.15, 0.2) is 5.69 Å². The molecule has 1 N–H and O–H groups in total. The summed E-state index contributed by atoms with van der Waals surface area (Å²) in [6.07, 6.45) is 0. The lowest BCUT2D eigenvalue weighted by molar-refractivity contribution is 0.101. The van der Waals surface area contributed by atoms with Gasteiger partial charge in [0.25, 0.3) is 5.91 Å². The fourth-order valence-electron chi connectivity index (χ4n) is 1.26. The second-order valence-electron chi connectivity index (χ2n) is 3.48. The third-order valence-corrected chi connectivity index (χ3v) is 2.03. The molecule has 0 aliphatic carbocycles. The third-order valence-electron chi connectivity index (χ3n) is 2.03. The Morgan fingerprint density at radius 1 is 1.44 bits per heavy atom. The van der Waals surface area contributed by atoms with Crippen molar-refractivity contribution in [1.82, 2.24) is 15.4 Å². The Morgan fingerprint density at radius 3 is 2.83 bits per heavy atom. The van der Waals surface area contributed by atoms with E-state index in [1.165, 1.54) is 6.07 Å². The average Bonchev–Trinajstić information content (AvgIpc) is 2.76. The van der Waals surface area contributed by atoms with Crippen LogP contribution in [0.25, 0.3) is 0 Å². The lowest BCUT2D eigenvalue weighted by Crippen LogP contribution is -2.14. The van der Waals surface area contributed by atoms with Crippen molar-refractivity contribution < 1.29 is 14.1 Å². The molecule has 7 heteroatoms. The molecule has 18 heavy (non-hydrogen) atoms. The molecule has 7 nitrogen and oxygen atoms in total. The molecule has 2 aromatic rings. The molecule has 0 aliphatic heterocycles. The number of carbonyl (C=O) groups excluding carboxylic acids is 1. The highest BCUT2D eigenvalue weighted by Gasteiger charge is 2.11. The molecule has 94 valence electrons. The number of hydrogen-bond acceptors (Lipinski definition) is 6. The number of aromatic nitrogens is 3. The molecule has 2 heterocycles. The Kier molecular flexibility index (Phi) is 3.52. The van der Waals surface area contributed by atoms with Crippen LogP contribution in [0.4, 0.5) is 5.88 Å². The van der Waals surface area contributed by atoms with Crippen LogP contribution in [0.2, 0.25) is 0 Å². The highest BCUT2D eigenvalue weighted by Crippen LogP contribution is 2.10. The summed E-state index contributed by atoms with van der Waals surface area (Å²) < 4.78 is 9.99. The van der Waals surface area contributed by atoms with Crippen LogP contribution >= 0.6 is 0 Å². The smallest absolute Gasteiger partial charge is 0.278 e. The van der Waals surface area contributed by atoms with E-state index in [0.717, 1.165) is 0 Å². The Morgan fingerprint density at radius 2 is 2.28 bits per heavy atom. The molecule has 0 atom stereocenters. The van der Waals surface area contributed by atoms with Gasteiger partial charge < -0.3 is 9.26 Å². The first kappa shape index (κ1) is 12.0. The summed E-state index contributed by atoms with van der Waals surface area (Å²) in [5, 5.41) is 13.7. The maximum absolute atomic E-state index is 11.8. The van der Waals surface area contributed by atoms with E-state index in [0.29, 0.717) is 18.2 Å². The number of aryl methyl sites for hydroxylation is 1. The first-order valence-electron chi connectivity index (χ1n) is 5.40. The third kappa shape index (κ3) is 2.82. The van der Waals surface area contributed by atoms with Crippen molar-refractivity contribution in [2.75, 3.05) is 11.9 Å². The predicted octanol–water partition coefficient (Wildman–Crippen LogP) is 1.42. The van der Waals surface area contributed by atoms with E-state index in [4.69, 9.17) is 9.26 Å². The van der Waals surface area contributed by atoms with Gasteiger partial charge in [0, 0.05) is 12.1 Å². The standard InChI is InChI=1S/C11H12N4O3/c1-3-17-9-5-4-8(13-14-9)11(16)12-10-6-7(2)15-18-10/h4-6H,3H2,1-2H3,(H,12,16). The first-order valence-corrected chi connectivity index (χ1v) is 5.40. The van der Waals surface area contributed by atoms with Crippen molar-refractivity contribution >= 4 is 11.8 Å². The van der Waals surface area contributed by atoms with Gasteiger partial charge in [-0.3, -0.25) is 10.1 Å². The van der Waals surface area contributed by atoms with Crippen LogP contribution in [0.1, 0.15) is 23.1 Å². The van der Waals surface area contributed by atoms with Gasteiger partial charge in [-0.05, 0) is 19.9 Å². The van der Waals surface area contributed by atoms with Crippen LogP contribution in [-0.2, 0) is 0 Å². The maximum Gasteiger partial charge on any atom is 0.278 e. The van der Waals surface area contributed by atoms with Crippen molar-refractivity contribution in [2.24, 2.45) is 0 Å². The number of nitrogens with zero attached hydrogens (tertiary/aromatic N) is 3. The van der Waals surface area contributed by atoms with Gasteiger partial charge in [-0.1, -0.05) is 5.16 Å². The van der Waals surface area contributed by atoms with Crippen molar-refractivity contribution in [1.29, 1.82) is 0 Å². The molecule has 0 spiro atoms. The number of amides is 1. The lowest BCUT2D eigenvalue weighted by Gasteiger charge is -2.02. The Balaban J connectivity index is 2.04. The molecular weight excluding hydrogens is 236 g/mol. The van der Waals surface area contributed by atoms with Crippen molar-refractivity contribution in [2.45, 2.75) is 13.8 Å². The summed E-state index contributed by atoms with van der Waals surface area (Å²) in [7, 11) is 0. The van der Waals surface area contributed by atoms with E-state index >= 15 is 0 Å². The van der Waals surface area contributed by atoms with E-state index in [-0.39, 0.29) is 11.6 Å². The van der Waals surface area contributed by atoms with Gasteiger partial charge in [0.2, 0.25) is 11.8 Å². The van der Waals surface area contributed by atoms with Crippen LogP contribution in [0.3, 0.4) is 0 Å². The topological polar surface area (TPSA) is 90.1 Å². The quantitative estimate of drug-likeness (QED) is 0.880. The van der Waals surface area contributed by atoms with E-state index < -0.39 is 5.91 Å². The van der Waals surface area contributed by atoms with E-state index in [9.17, 15) is 4.79 Å². The van der Waals surface area contributed by atoms with Crippen LogP contribution in [0.15, 0.2) is 22.7 Å². The second-order valence-corrected chi connectivity index (χ2v) is 3.48. The molecule has 2 aromatic heterocycles. The molecule has 0 aromatic carbocycles. The van der Waals surface area contributed by atoms with Crippen LogP contribution in [-0.4, -0.2) is 27.9 Å². The van der Waals surface area contributed by atoms with E-state index in [1.54, 1.807) is 19.1 Å². The summed E-state index contributed by atoms with van der Waals surface area (Å²) in [5.74, 6) is 0.236. The van der Waals surface area contributed by atoms with Crippen LogP contribution in [0, 0.1) is 6.92 Å². The minimum Gasteiger partial charge on any atom is -0.477 e. The Hall–Kier alpha value is -2.44. The lowest BCUT2D eigenvalue weighted by atomic mass is 10.3. The highest BCUT2D eigenvalue weighted by molar-refractivity contribution is 6.01. The predicted molar refractivity (Wildman–Crippen MR) is 62.4 cm³/mol. The minimum atomic E-state index is -0.415. The van der Waals surface area contributed by atoms with Gasteiger partial charge >= 0.3 is 0 Å². The summed E-state index contributed by atoms with van der Waals surface area (Å²) >= 11 is 0. The summed E-state index contributed by atoms with van der Waals surface area (Å²) in [4.78, 5) is 11.8. The summed E-state index contributed by atoms with van der Waals surface area (Å²) in [6.45, 7) is 4.10. The molecule has 0 saturated carbocycles. The Bertz CT molecular complexity index is 535. The number of nitrogens with one attached hydrogen (secondary N) is 1. The highest BCUT2D eigenvalue weighted by atomic mass is 16.5. The molecule has 0 aliphatic rings. The molecule has 0 bridgehead atoms. The number of rotatable bonds is 4. The molecule has 2 rings (SSSR count). The van der Waals surface area contributed by atoms with E-state index in [2.05, 4.69) is 20.7 Å². The van der Waals surface area contributed by atoms with Crippen LogP contribution in [0.5, 0.6) is 5.88 Å². The largest absolute Gasteiger partial charge is 0.477 e. The monoisotopic (exact) mass is 248 g/mol. The van der Waals surface area contributed by atoms with Crippen LogP contribution < -0.4 is 10.1 Å². The molecule has 1 amide bonds. The number of anilines is 1. The van der Waals surface area contributed by atoms with E-state index in [1.807, 2.05) is 6.92 Å². The summed E-state index contributed by atoms with van der Waals surface area (Å²) in [6, 6.07) is 4.72. The van der Waals surface area contributed by atoms with Crippen molar-refractivity contribution in [3.05, 3.63) is 29.6 Å². The zero-order chi connectivity index (χ0) is 13.0. The average molecular weight is 248 g/mol. The SMILES string of the molecule is CCOc1ccc(C(=O)Nc2cc(C)no2)nn1. The zero-order valence-electron chi connectivity index (χ0n) is 10.0.